The van der Waals surface area contributed by atoms with E-state index in [2.05, 4.69) is 0 Å². The van der Waals surface area contributed by atoms with Crippen molar-refractivity contribution in [1.82, 2.24) is 4.57 Å². The molecule has 0 aliphatic rings. The summed E-state index contributed by atoms with van der Waals surface area (Å²) in [4.78, 5) is 0. The van der Waals surface area contributed by atoms with Gasteiger partial charge < -0.3 is 4.57 Å². The normalized spacial score (nSPS) is 12.2. The third-order valence-electron chi connectivity index (χ3n) is 2.85. The van der Waals surface area contributed by atoms with E-state index >= 15 is 0 Å². The average Bonchev–Trinajstić information content (AvgIpc) is 2.68. The maximum absolute atomic E-state index is 12.7. The SMILES string of the molecule is CC=Cc1cc2c(Cl)c(C#N)ccc2n1CC(F)(F)F. The molecule has 0 unspecified atom stereocenters. The molecule has 0 spiro atoms. The van der Waals surface area contributed by atoms with Gasteiger partial charge in [-0.1, -0.05) is 17.7 Å². The molecule has 0 N–H and O–H groups in total. The number of rotatable bonds is 2. The first-order valence-electron chi connectivity index (χ1n) is 5.78. The molecule has 0 fully saturated rings. The lowest BCUT2D eigenvalue weighted by Crippen LogP contribution is -2.18. The quantitative estimate of drug-likeness (QED) is 0.785. The molecule has 0 aliphatic carbocycles. The summed E-state index contributed by atoms with van der Waals surface area (Å²) in [7, 11) is 0. The number of nitrogens with zero attached hydrogens (tertiary/aromatic N) is 2. The van der Waals surface area contributed by atoms with Crippen molar-refractivity contribution in [2.75, 3.05) is 0 Å². The Bertz CT molecular complexity index is 721. The van der Waals surface area contributed by atoms with Crippen LogP contribution in [0.2, 0.25) is 5.02 Å². The van der Waals surface area contributed by atoms with Gasteiger partial charge in [-0.05, 0) is 31.2 Å². The average molecular weight is 299 g/mol. The monoisotopic (exact) mass is 298 g/mol. The predicted molar refractivity (Wildman–Crippen MR) is 72.4 cm³/mol. The highest BCUT2D eigenvalue weighted by molar-refractivity contribution is 6.36. The summed E-state index contributed by atoms with van der Waals surface area (Å²) in [6.45, 7) is 0.621. The third kappa shape index (κ3) is 2.66. The van der Waals surface area contributed by atoms with E-state index in [1.807, 2.05) is 6.07 Å². The first-order chi connectivity index (χ1) is 9.37. The van der Waals surface area contributed by atoms with Crippen LogP contribution < -0.4 is 0 Å². The van der Waals surface area contributed by atoms with Gasteiger partial charge in [0.1, 0.15) is 12.6 Å². The van der Waals surface area contributed by atoms with Gasteiger partial charge in [0, 0.05) is 11.1 Å². The van der Waals surface area contributed by atoms with E-state index in [1.165, 1.54) is 12.1 Å². The van der Waals surface area contributed by atoms with Gasteiger partial charge in [-0.2, -0.15) is 18.4 Å². The largest absolute Gasteiger partial charge is 0.406 e. The van der Waals surface area contributed by atoms with Gasteiger partial charge in [-0.3, -0.25) is 0 Å². The maximum Gasteiger partial charge on any atom is 0.406 e. The highest BCUT2D eigenvalue weighted by Gasteiger charge is 2.29. The first-order valence-corrected chi connectivity index (χ1v) is 6.16. The molecule has 1 aromatic carbocycles. The van der Waals surface area contributed by atoms with Crippen LogP contribution in [-0.2, 0) is 6.54 Å². The fourth-order valence-electron chi connectivity index (χ4n) is 2.07. The molecular formula is C14H10ClF3N2. The Balaban J connectivity index is 2.74. The van der Waals surface area contributed by atoms with E-state index in [1.54, 1.807) is 25.1 Å². The molecule has 20 heavy (non-hydrogen) atoms. The van der Waals surface area contributed by atoms with E-state index in [-0.39, 0.29) is 10.6 Å². The number of allylic oxidation sites excluding steroid dienone is 1. The molecule has 2 rings (SSSR count). The van der Waals surface area contributed by atoms with Gasteiger partial charge in [-0.15, -0.1) is 0 Å². The zero-order valence-electron chi connectivity index (χ0n) is 10.5. The molecule has 0 saturated carbocycles. The first kappa shape index (κ1) is 14.5. The van der Waals surface area contributed by atoms with Gasteiger partial charge in [-0.25, -0.2) is 0 Å². The van der Waals surface area contributed by atoms with Crippen LogP contribution in [0, 0.1) is 11.3 Å². The van der Waals surface area contributed by atoms with Crippen molar-refractivity contribution < 1.29 is 13.2 Å². The maximum atomic E-state index is 12.7. The Labute approximate surface area is 118 Å². The number of benzene rings is 1. The Kier molecular flexibility index (Phi) is 3.78. The molecule has 0 bridgehead atoms. The number of aromatic nitrogens is 1. The Morgan fingerprint density at radius 1 is 1.40 bits per heavy atom. The highest BCUT2D eigenvalue weighted by Crippen LogP contribution is 2.32. The van der Waals surface area contributed by atoms with E-state index < -0.39 is 12.7 Å². The van der Waals surface area contributed by atoms with E-state index in [0.29, 0.717) is 16.6 Å². The molecule has 0 atom stereocenters. The van der Waals surface area contributed by atoms with Gasteiger partial charge in [0.05, 0.1) is 16.1 Å². The summed E-state index contributed by atoms with van der Waals surface area (Å²) >= 11 is 6.06. The van der Waals surface area contributed by atoms with Crippen LogP contribution in [0.3, 0.4) is 0 Å². The minimum atomic E-state index is -4.33. The van der Waals surface area contributed by atoms with Crippen LogP contribution in [0.1, 0.15) is 18.2 Å². The molecule has 1 aromatic heterocycles. The molecule has 2 aromatic rings. The summed E-state index contributed by atoms with van der Waals surface area (Å²) in [5.74, 6) is 0. The summed E-state index contributed by atoms with van der Waals surface area (Å²) in [5.41, 5.74) is 1.01. The number of nitriles is 1. The van der Waals surface area contributed by atoms with E-state index in [0.717, 1.165) is 4.57 Å². The van der Waals surface area contributed by atoms with Crippen molar-refractivity contribution in [2.45, 2.75) is 19.6 Å². The number of halogens is 4. The fraction of sp³-hybridized carbons (Fsp3) is 0.214. The lowest BCUT2D eigenvalue weighted by atomic mass is 10.1. The Morgan fingerprint density at radius 3 is 2.65 bits per heavy atom. The van der Waals surface area contributed by atoms with E-state index in [9.17, 15) is 13.2 Å². The second-order valence-corrected chi connectivity index (χ2v) is 4.62. The van der Waals surface area contributed by atoms with Gasteiger partial charge in [0.15, 0.2) is 0 Å². The van der Waals surface area contributed by atoms with Crippen LogP contribution in [-0.4, -0.2) is 10.7 Å². The Morgan fingerprint density at radius 2 is 2.10 bits per heavy atom. The van der Waals surface area contributed by atoms with E-state index in [4.69, 9.17) is 16.9 Å². The third-order valence-corrected chi connectivity index (χ3v) is 3.25. The van der Waals surface area contributed by atoms with Crippen molar-refractivity contribution in [3.63, 3.8) is 0 Å². The van der Waals surface area contributed by atoms with Crippen molar-refractivity contribution >= 4 is 28.6 Å². The van der Waals surface area contributed by atoms with Crippen LogP contribution in [0.15, 0.2) is 24.3 Å². The van der Waals surface area contributed by atoms with Crippen molar-refractivity contribution in [1.29, 1.82) is 5.26 Å². The van der Waals surface area contributed by atoms with Crippen LogP contribution in [0.4, 0.5) is 13.2 Å². The lowest BCUT2D eigenvalue weighted by molar-refractivity contribution is -0.139. The molecule has 0 aliphatic heterocycles. The second-order valence-electron chi connectivity index (χ2n) is 4.24. The summed E-state index contributed by atoms with van der Waals surface area (Å²) in [5, 5.41) is 9.53. The van der Waals surface area contributed by atoms with Crippen LogP contribution in [0.5, 0.6) is 0 Å². The standard InChI is InChI=1S/C14H10ClF3N2/c1-2-3-10-6-11-12(20(10)8-14(16,17)18)5-4-9(7-19)13(11)15/h2-6H,8H2,1H3. The lowest BCUT2D eigenvalue weighted by Gasteiger charge is -2.11. The molecule has 1 heterocycles. The van der Waals surface area contributed by atoms with Crippen molar-refractivity contribution in [3.8, 4) is 6.07 Å². The van der Waals surface area contributed by atoms with Gasteiger partial charge in [0.25, 0.3) is 0 Å². The molecule has 0 radical (unpaired) electrons. The number of hydrogen-bond donors (Lipinski definition) is 0. The molecule has 0 amide bonds. The zero-order chi connectivity index (χ0) is 14.9. The second kappa shape index (κ2) is 5.22. The van der Waals surface area contributed by atoms with Crippen LogP contribution in [0.25, 0.3) is 17.0 Å². The molecule has 6 heteroatoms. The number of hydrogen-bond acceptors (Lipinski definition) is 1. The number of fused-ring (bicyclic) bond motifs is 1. The Hall–Kier alpha value is -1.93. The topological polar surface area (TPSA) is 28.7 Å². The minimum absolute atomic E-state index is 0.177. The molecule has 104 valence electrons. The van der Waals surface area contributed by atoms with Crippen molar-refractivity contribution in [2.24, 2.45) is 0 Å². The summed E-state index contributed by atoms with van der Waals surface area (Å²) in [6, 6.07) is 6.39. The predicted octanol–water partition coefficient (Wildman–Crippen LogP) is 4.76. The molecular weight excluding hydrogens is 289 g/mol. The van der Waals surface area contributed by atoms with Gasteiger partial charge >= 0.3 is 6.18 Å². The molecule has 0 saturated heterocycles. The summed E-state index contributed by atoms with van der Waals surface area (Å²) in [6.07, 6.45) is -1.10. The summed E-state index contributed by atoms with van der Waals surface area (Å²) < 4.78 is 39.2. The van der Waals surface area contributed by atoms with Gasteiger partial charge in [0.2, 0.25) is 0 Å². The smallest absolute Gasteiger partial charge is 0.332 e. The number of alkyl halides is 3. The van der Waals surface area contributed by atoms with Crippen LogP contribution >= 0.6 is 11.6 Å². The van der Waals surface area contributed by atoms with Crippen molar-refractivity contribution in [3.05, 3.63) is 40.6 Å². The highest BCUT2D eigenvalue weighted by atomic mass is 35.5. The minimum Gasteiger partial charge on any atom is -0.332 e. The fourth-order valence-corrected chi connectivity index (χ4v) is 2.33. The zero-order valence-corrected chi connectivity index (χ0v) is 11.3. The molecule has 2 nitrogen and oxygen atoms in total.